The summed E-state index contributed by atoms with van der Waals surface area (Å²) in [6.45, 7) is 11.2. The molecular weight excluding hydrogens is 539 g/mol. The summed E-state index contributed by atoms with van der Waals surface area (Å²) >= 11 is -4.76. The third-order valence-corrected chi connectivity index (χ3v) is 50.7. The van der Waals surface area contributed by atoms with Crippen LogP contribution in [0.2, 0.25) is 6.55 Å². The quantitative estimate of drug-likeness (QED) is 0.278. The summed E-state index contributed by atoms with van der Waals surface area (Å²) in [4.78, 5) is 0. The van der Waals surface area contributed by atoms with Crippen molar-refractivity contribution >= 4 is 39.8 Å². The Morgan fingerprint density at radius 1 is 0.667 bits per heavy atom. The Labute approximate surface area is 206 Å². The molecule has 3 aromatic rings. The van der Waals surface area contributed by atoms with E-state index < -0.39 is 20.4 Å². The van der Waals surface area contributed by atoms with Crippen molar-refractivity contribution in [2.24, 2.45) is 0 Å². The minimum absolute atomic E-state index is 0.114. The predicted molar refractivity (Wildman–Crippen MR) is 145 cm³/mol. The van der Waals surface area contributed by atoms with Gasteiger partial charge in [-0.2, -0.15) is 0 Å². The summed E-state index contributed by atoms with van der Waals surface area (Å²) in [7, 11) is 16.8. The summed E-state index contributed by atoms with van der Waals surface area (Å²) in [5, 5.41) is 1.35. The maximum absolute atomic E-state index is 8.38. The molecule has 0 fully saturated rings. The molecule has 2 atom stereocenters. The van der Waals surface area contributed by atoms with Crippen molar-refractivity contribution in [3.8, 4) is 0 Å². The standard InChI is InChI=1S/2C11H11.C7H8Si.2ClH.Zr/c2*1-8-3-4-10-6-9(2)7-11(10)5-8;1-8-7-5-3-2-4-6-7;;;/h2*3-7H,1-2H3;2-6H,1H3;2*1H;/q;;;;;+2/p-2. The number of benzene rings is 3. The summed E-state index contributed by atoms with van der Waals surface area (Å²) in [6, 6.07) is 24.4. The molecule has 0 saturated carbocycles. The molecule has 0 bridgehead atoms. The first kappa shape index (κ1) is 23.6. The monoisotopic (exact) mass is 566 g/mol. The first-order valence-corrected chi connectivity index (χ1v) is 26.5. The van der Waals surface area contributed by atoms with Crippen LogP contribution in [0.4, 0.5) is 0 Å². The average Bonchev–Trinajstić information content (AvgIpc) is 3.29. The number of rotatable bonds is 3. The van der Waals surface area contributed by atoms with Gasteiger partial charge in [-0.3, -0.25) is 0 Å². The topological polar surface area (TPSA) is 0 Å². The molecule has 0 saturated heterocycles. The second-order valence-electron chi connectivity index (χ2n) is 10.1. The van der Waals surface area contributed by atoms with E-state index >= 15 is 0 Å². The molecule has 0 nitrogen and oxygen atoms in total. The van der Waals surface area contributed by atoms with Gasteiger partial charge in [-0.25, -0.2) is 0 Å². The molecule has 3 aromatic carbocycles. The third-order valence-electron chi connectivity index (χ3n) is 7.77. The number of aryl methyl sites for hydroxylation is 2. The summed E-state index contributed by atoms with van der Waals surface area (Å²) in [5.41, 5.74) is 9.19. The first-order valence-electron chi connectivity index (χ1n) is 11.7. The van der Waals surface area contributed by atoms with Gasteiger partial charge in [-0.15, -0.1) is 0 Å². The van der Waals surface area contributed by atoms with Crippen molar-refractivity contribution in [3.63, 3.8) is 0 Å². The average molecular weight is 569 g/mol. The van der Waals surface area contributed by atoms with Crippen LogP contribution in [0.1, 0.15) is 54.5 Å². The fourth-order valence-electron chi connectivity index (χ4n) is 6.27. The van der Waals surface area contributed by atoms with Crippen molar-refractivity contribution < 1.29 is 15.0 Å². The molecule has 33 heavy (non-hydrogen) atoms. The SMILES string of the molecule is CC1=Cc2ccc(C)cc2[CH]1[Zr]([Cl])([Cl])([CH]1C(C)=Cc2ccc(C)cc21)=[Si](C)c1ccccc1. The van der Waals surface area contributed by atoms with Gasteiger partial charge in [0, 0.05) is 0 Å². The molecule has 2 aliphatic rings. The Kier molecular flexibility index (Phi) is 5.85. The summed E-state index contributed by atoms with van der Waals surface area (Å²) in [6.07, 6.45) is 4.67. The van der Waals surface area contributed by atoms with Crippen molar-refractivity contribution in [2.75, 3.05) is 0 Å². The fraction of sp³-hybridized carbons (Fsp3) is 0.241. The molecule has 0 heterocycles. The number of halogens is 2. The van der Waals surface area contributed by atoms with E-state index in [2.05, 4.69) is 113 Å². The van der Waals surface area contributed by atoms with Gasteiger partial charge >= 0.3 is 208 Å². The Hall–Kier alpha value is -1.18. The number of fused-ring (bicyclic) bond motifs is 2. The molecule has 0 aromatic heterocycles. The van der Waals surface area contributed by atoms with E-state index in [1.54, 1.807) is 0 Å². The van der Waals surface area contributed by atoms with Gasteiger partial charge in [0.25, 0.3) is 0 Å². The summed E-state index contributed by atoms with van der Waals surface area (Å²) in [5.74, 6) is 0. The van der Waals surface area contributed by atoms with Gasteiger partial charge in [0.05, 0.1) is 0 Å². The second-order valence-corrected chi connectivity index (χ2v) is 46.8. The first-order chi connectivity index (χ1) is 15.6. The van der Waals surface area contributed by atoms with Gasteiger partial charge in [-0.05, 0) is 0 Å². The second kappa shape index (κ2) is 8.20. The maximum atomic E-state index is 8.38. The van der Waals surface area contributed by atoms with Crippen LogP contribution in [0.25, 0.3) is 12.2 Å². The van der Waals surface area contributed by atoms with E-state index in [0.29, 0.717) is 0 Å². The van der Waals surface area contributed by atoms with E-state index in [1.807, 2.05) is 0 Å². The Morgan fingerprint density at radius 3 is 1.58 bits per heavy atom. The zero-order chi connectivity index (χ0) is 23.6. The van der Waals surface area contributed by atoms with Crippen LogP contribution < -0.4 is 5.19 Å². The number of allylic oxidation sites excluding steroid dienone is 2. The fourth-order valence-corrected chi connectivity index (χ4v) is 44.7. The number of hydrogen-bond acceptors (Lipinski definition) is 0. The Balaban J connectivity index is 1.92. The minimum atomic E-state index is -4.76. The van der Waals surface area contributed by atoms with E-state index in [0.717, 1.165) is 0 Å². The Morgan fingerprint density at radius 2 is 1.12 bits per heavy atom. The molecular formula is C29H30Cl2SiZr. The number of hydrogen-bond donors (Lipinski definition) is 0. The molecule has 0 spiro atoms. The van der Waals surface area contributed by atoms with Crippen molar-refractivity contribution in [3.05, 3.63) is 111 Å². The van der Waals surface area contributed by atoms with Gasteiger partial charge < -0.3 is 0 Å². The molecule has 0 radical (unpaired) electrons. The van der Waals surface area contributed by atoms with Crippen molar-refractivity contribution in [1.29, 1.82) is 0 Å². The molecule has 0 amide bonds. The van der Waals surface area contributed by atoms with E-state index in [1.165, 1.54) is 49.7 Å². The van der Waals surface area contributed by atoms with E-state index in [-0.39, 0.29) is 7.25 Å². The van der Waals surface area contributed by atoms with Crippen LogP contribution in [0.15, 0.2) is 77.9 Å². The van der Waals surface area contributed by atoms with Crippen LogP contribution >= 0.6 is 17.0 Å². The molecule has 0 N–H and O–H groups in total. The van der Waals surface area contributed by atoms with Crippen LogP contribution in [0, 0.1) is 13.8 Å². The zero-order valence-electron chi connectivity index (χ0n) is 19.9. The molecule has 0 aliphatic heterocycles. The molecule has 2 unspecified atom stereocenters. The van der Waals surface area contributed by atoms with Crippen LogP contribution in [-0.2, 0) is 15.0 Å². The van der Waals surface area contributed by atoms with Gasteiger partial charge in [-0.1, -0.05) is 0 Å². The molecule has 168 valence electrons. The van der Waals surface area contributed by atoms with Crippen LogP contribution in [0.3, 0.4) is 0 Å². The Bertz CT molecular complexity index is 1340. The zero-order valence-corrected chi connectivity index (χ0v) is 24.9. The van der Waals surface area contributed by atoms with Gasteiger partial charge in [0.15, 0.2) is 0 Å². The molecule has 5 rings (SSSR count). The van der Waals surface area contributed by atoms with E-state index in [9.17, 15) is 0 Å². The van der Waals surface area contributed by atoms with E-state index in [4.69, 9.17) is 17.0 Å². The third kappa shape index (κ3) is 3.56. The van der Waals surface area contributed by atoms with Gasteiger partial charge in [0.1, 0.15) is 0 Å². The normalized spacial score (nSPS) is 19.6. The van der Waals surface area contributed by atoms with Gasteiger partial charge in [0.2, 0.25) is 0 Å². The van der Waals surface area contributed by atoms with Crippen LogP contribution in [-0.4, -0.2) is 5.43 Å². The summed E-state index contributed by atoms with van der Waals surface area (Å²) < 4.78 is 0.229. The molecule has 2 aliphatic carbocycles. The molecule has 4 heteroatoms. The predicted octanol–water partition coefficient (Wildman–Crippen LogP) is 8.45. The van der Waals surface area contributed by atoms with Crippen molar-refractivity contribution in [1.82, 2.24) is 0 Å². The van der Waals surface area contributed by atoms with Crippen molar-refractivity contribution in [2.45, 2.75) is 41.5 Å². The van der Waals surface area contributed by atoms with Crippen LogP contribution in [0.5, 0.6) is 0 Å².